The lowest BCUT2D eigenvalue weighted by Crippen LogP contribution is -2.64. The van der Waals surface area contributed by atoms with Crippen molar-refractivity contribution in [3.8, 4) is 5.75 Å². The van der Waals surface area contributed by atoms with Crippen LogP contribution >= 0.6 is 11.6 Å². The summed E-state index contributed by atoms with van der Waals surface area (Å²) in [5, 5.41) is 6.70. The predicted octanol–water partition coefficient (Wildman–Crippen LogP) is 3.76. The summed E-state index contributed by atoms with van der Waals surface area (Å²) in [6.07, 6.45) is 1.13. The monoisotopic (exact) mass is 598 g/mol. The number of likely N-dealkylation sites (N-methyl/N-ethyl adjacent to an activating group) is 1. The van der Waals surface area contributed by atoms with E-state index in [9.17, 15) is 23.6 Å². The molecular weight excluding hydrogens is 563 g/mol. The van der Waals surface area contributed by atoms with Gasteiger partial charge in [0.1, 0.15) is 17.1 Å². The lowest BCUT2D eigenvalue weighted by atomic mass is 9.71. The first-order valence-electron chi connectivity index (χ1n) is 14.5. The highest BCUT2D eigenvalue weighted by Crippen LogP contribution is 2.42. The molecule has 2 N–H and O–H groups in total. The molecule has 9 nitrogen and oxygen atoms in total. The second-order valence-electron chi connectivity index (χ2n) is 11.2. The minimum atomic E-state index is -1.25. The summed E-state index contributed by atoms with van der Waals surface area (Å²) < 4.78 is 19.1. The summed E-state index contributed by atoms with van der Waals surface area (Å²) in [5.41, 5.74) is -0.373. The summed E-state index contributed by atoms with van der Waals surface area (Å²) in [6.45, 7) is 3.94. The minimum Gasteiger partial charge on any atom is -0.410 e. The number of carbonyl (C=O) groups is 4. The highest BCUT2D eigenvalue weighted by molar-refractivity contribution is 6.30. The van der Waals surface area contributed by atoms with Crippen LogP contribution in [0.2, 0.25) is 5.02 Å². The molecule has 3 aliphatic heterocycles. The average molecular weight is 599 g/mol. The van der Waals surface area contributed by atoms with Gasteiger partial charge in [0.15, 0.2) is 5.78 Å². The number of rotatable bonds is 7. The summed E-state index contributed by atoms with van der Waals surface area (Å²) in [5.74, 6) is -1.34. The van der Waals surface area contributed by atoms with Gasteiger partial charge in [0.25, 0.3) is 0 Å². The first kappa shape index (κ1) is 30.0. The van der Waals surface area contributed by atoms with E-state index in [-0.39, 0.29) is 54.2 Å². The van der Waals surface area contributed by atoms with Crippen molar-refractivity contribution in [2.45, 2.75) is 44.1 Å². The molecule has 3 atom stereocenters. The molecule has 11 heteroatoms. The number of carbonyl (C=O) groups excluding carboxylic acids is 4. The number of ketones is 1. The van der Waals surface area contributed by atoms with Gasteiger partial charge in [-0.2, -0.15) is 0 Å². The van der Waals surface area contributed by atoms with Crippen molar-refractivity contribution >= 4 is 35.3 Å². The van der Waals surface area contributed by atoms with Crippen molar-refractivity contribution in [3.63, 3.8) is 0 Å². The minimum absolute atomic E-state index is 0.00949. The number of ether oxygens (including phenoxy) is 1. The molecule has 3 amide bonds. The Hall–Kier alpha value is -3.50. The molecular formula is C31H36ClFN4O5. The number of hydrogen-bond donors (Lipinski definition) is 2. The molecule has 3 heterocycles. The smallest absolute Gasteiger partial charge is 0.410 e. The van der Waals surface area contributed by atoms with Gasteiger partial charge in [-0.1, -0.05) is 23.7 Å². The first-order valence-corrected chi connectivity index (χ1v) is 14.9. The molecule has 0 aliphatic carbocycles. The maximum absolute atomic E-state index is 14.7. The lowest BCUT2D eigenvalue weighted by Gasteiger charge is -2.45. The molecule has 0 radical (unpaired) electrons. The summed E-state index contributed by atoms with van der Waals surface area (Å²) in [7, 11) is 0. The molecule has 1 unspecified atom stereocenters. The van der Waals surface area contributed by atoms with Crippen molar-refractivity contribution in [1.82, 2.24) is 20.4 Å². The van der Waals surface area contributed by atoms with Gasteiger partial charge in [-0.05, 0) is 68.1 Å². The van der Waals surface area contributed by atoms with Crippen LogP contribution in [0.25, 0.3) is 0 Å². The Morgan fingerprint density at radius 2 is 1.71 bits per heavy atom. The number of hydrogen-bond acceptors (Lipinski definition) is 6. The van der Waals surface area contributed by atoms with E-state index in [1.54, 1.807) is 17.0 Å². The van der Waals surface area contributed by atoms with Crippen LogP contribution in [0.1, 0.15) is 44.1 Å². The third kappa shape index (κ3) is 6.01. The fraction of sp³-hybridized carbons (Fsp3) is 0.484. The molecule has 0 spiro atoms. The number of benzene rings is 2. The van der Waals surface area contributed by atoms with Crippen LogP contribution in [0.15, 0.2) is 48.5 Å². The number of Topliss-reactive ketones (excluding diaryl/α,β-unsaturated/α-hetero) is 1. The van der Waals surface area contributed by atoms with E-state index in [4.69, 9.17) is 16.3 Å². The van der Waals surface area contributed by atoms with E-state index in [1.165, 1.54) is 29.2 Å². The third-order valence-electron chi connectivity index (χ3n) is 8.85. The molecule has 0 aromatic heterocycles. The highest BCUT2D eigenvalue weighted by Gasteiger charge is 2.57. The van der Waals surface area contributed by atoms with Crippen LogP contribution in [-0.4, -0.2) is 78.3 Å². The second kappa shape index (κ2) is 12.8. The average Bonchev–Trinajstić information content (AvgIpc) is 3.44. The number of halogens is 2. The zero-order chi connectivity index (χ0) is 29.9. The summed E-state index contributed by atoms with van der Waals surface area (Å²) in [6, 6.07) is 12.5. The van der Waals surface area contributed by atoms with E-state index in [1.807, 2.05) is 19.1 Å². The predicted molar refractivity (Wildman–Crippen MR) is 155 cm³/mol. The third-order valence-corrected chi connectivity index (χ3v) is 9.10. The zero-order valence-electron chi connectivity index (χ0n) is 23.6. The van der Waals surface area contributed by atoms with Gasteiger partial charge in [0, 0.05) is 62.5 Å². The maximum atomic E-state index is 14.7. The van der Waals surface area contributed by atoms with Crippen molar-refractivity contribution in [1.29, 1.82) is 0 Å². The summed E-state index contributed by atoms with van der Waals surface area (Å²) in [4.78, 5) is 56.3. The van der Waals surface area contributed by atoms with Gasteiger partial charge in [-0.3, -0.25) is 19.3 Å². The second-order valence-corrected chi connectivity index (χ2v) is 11.7. The fourth-order valence-electron chi connectivity index (χ4n) is 6.61. The van der Waals surface area contributed by atoms with Crippen LogP contribution < -0.4 is 15.4 Å². The Labute approximate surface area is 249 Å². The van der Waals surface area contributed by atoms with Crippen molar-refractivity contribution in [2.75, 3.05) is 39.3 Å². The highest BCUT2D eigenvalue weighted by atomic mass is 35.5. The molecule has 2 aromatic carbocycles. The lowest BCUT2D eigenvalue weighted by molar-refractivity contribution is -0.142. The molecule has 3 aliphatic rings. The van der Waals surface area contributed by atoms with Crippen molar-refractivity contribution < 1.29 is 28.3 Å². The van der Waals surface area contributed by atoms with Crippen LogP contribution in [0.4, 0.5) is 9.18 Å². The van der Waals surface area contributed by atoms with Gasteiger partial charge in [-0.25, -0.2) is 9.18 Å². The molecule has 0 saturated carbocycles. The molecule has 42 heavy (non-hydrogen) atoms. The SMILES string of the molecule is CCN(C(=O)Oc1ccc(F)cc1)[C@]1(C(=O)C2CCN(C(=O)C3CCC(=O)NC3)CC2)CNC[C@H]1c1ccc(Cl)cc1. The largest absolute Gasteiger partial charge is 0.416 e. The van der Waals surface area contributed by atoms with E-state index in [2.05, 4.69) is 10.6 Å². The Morgan fingerprint density at radius 1 is 1.02 bits per heavy atom. The van der Waals surface area contributed by atoms with Gasteiger partial charge < -0.3 is 20.3 Å². The number of piperidine rings is 2. The molecule has 3 fully saturated rings. The van der Waals surface area contributed by atoms with E-state index < -0.39 is 17.4 Å². The van der Waals surface area contributed by atoms with Crippen LogP contribution in [0, 0.1) is 17.7 Å². The molecule has 224 valence electrons. The first-order chi connectivity index (χ1) is 20.2. The van der Waals surface area contributed by atoms with Crippen LogP contribution in [0.5, 0.6) is 5.75 Å². The maximum Gasteiger partial charge on any atom is 0.416 e. The fourth-order valence-corrected chi connectivity index (χ4v) is 6.74. The van der Waals surface area contributed by atoms with E-state index >= 15 is 0 Å². The van der Waals surface area contributed by atoms with E-state index in [0.717, 1.165) is 5.56 Å². The molecule has 5 rings (SSSR count). The van der Waals surface area contributed by atoms with Gasteiger partial charge >= 0.3 is 6.09 Å². The number of amides is 3. The van der Waals surface area contributed by atoms with Gasteiger partial charge in [0.05, 0.1) is 5.92 Å². The molecule has 2 aromatic rings. The number of likely N-dealkylation sites (tertiary alicyclic amines) is 1. The topological polar surface area (TPSA) is 108 Å². The number of nitrogens with zero attached hydrogens (tertiary/aromatic N) is 2. The Kier molecular flexibility index (Phi) is 9.13. The Morgan fingerprint density at radius 3 is 2.33 bits per heavy atom. The van der Waals surface area contributed by atoms with Gasteiger partial charge in [0.2, 0.25) is 11.8 Å². The van der Waals surface area contributed by atoms with E-state index in [0.29, 0.717) is 56.9 Å². The van der Waals surface area contributed by atoms with Crippen LogP contribution in [-0.2, 0) is 14.4 Å². The molecule has 3 saturated heterocycles. The quantitative estimate of drug-likeness (QED) is 0.503. The van der Waals surface area contributed by atoms with Crippen molar-refractivity contribution in [3.05, 3.63) is 64.9 Å². The zero-order valence-corrected chi connectivity index (χ0v) is 24.4. The Bertz CT molecular complexity index is 1310. The van der Waals surface area contributed by atoms with Gasteiger partial charge in [-0.15, -0.1) is 0 Å². The normalized spacial score (nSPS) is 24.6. The van der Waals surface area contributed by atoms with Crippen molar-refractivity contribution in [2.24, 2.45) is 11.8 Å². The standard InChI is InChI=1S/C31H36ClFN4O5/c1-2-37(30(41)42-25-10-8-24(33)9-11-25)31(19-34-18-26(31)20-3-6-23(32)7-4-20)28(39)21-13-15-36(16-14-21)29(40)22-5-12-27(38)35-17-22/h3-4,6-11,21-22,26,34H,2,5,12-19H2,1H3,(H,35,38)/t22?,26-,31+/m0/s1. The Balaban J connectivity index is 1.40. The number of nitrogens with one attached hydrogen (secondary N) is 2. The van der Waals surface area contributed by atoms with Crippen LogP contribution in [0.3, 0.4) is 0 Å². The molecule has 0 bridgehead atoms. The summed E-state index contributed by atoms with van der Waals surface area (Å²) >= 11 is 6.17.